The van der Waals surface area contributed by atoms with Crippen LogP contribution in [0, 0.1) is 0 Å². The maximum absolute atomic E-state index is 5.00. The van der Waals surface area contributed by atoms with Gasteiger partial charge in [-0.3, -0.25) is 14.9 Å². The molecular formula is C26H28N6. The van der Waals surface area contributed by atoms with Gasteiger partial charge in [0.25, 0.3) is 0 Å². The van der Waals surface area contributed by atoms with E-state index >= 15 is 0 Å². The normalized spacial score (nSPS) is 16.9. The Kier molecular flexibility index (Phi) is 5.77. The Morgan fingerprint density at radius 2 is 1.88 bits per heavy atom. The van der Waals surface area contributed by atoms with Crippen molar-refractivity contribution in [1.29, 1.82) is 0 Å². The molecule has 4 aromatic rings. The monoisotopic (exact) mass is 424 g/mol. The van der Waals surface area contributed by atoms with Crippen molar-refractivity contribution in [2.45, 2.75) is 25.3 Å². The molecule has 6 nitrogen and oxygen atoms in total. The summed E-state index contributed by atoms with van der Waals surface area (Å²) in [4.78, 5) is 23.0. The lowest BCUT2D eigenvalue weighted by molar-refractivity contribution is 0.199. The summed E-state index contributed by atoms with van der Waals surface area (Å²) in [7, 11) is 4.06. The molecule has 1 fully saturated rings. The van der Waals surface area contributed by atoms with Crippen molar-refractivity contribution in [3.8, 4) is 11.4 Å². The van der Waals surface area contributed by atoms with Crippen LogP contribution >= 0.6 is 0 Å². The van der Waals surface area contributed by atoms with Crippen LogP contribution in [0.25, 0.3) is 22.3 Å². The van der Waals surface area contributed by atoms with E-state index in [1.54, 1.807) is 12.4 Å². The van der Waals surface area contributed by atoms with Crippen LogP contribution in [0.2, 0.25) is 0 Å². The predicted molar refractivity (Wildman–Crippen MR) is 129 cm³/mol. The zero-order valence-corrected chi connectivity index (χ0v) is 18.6. The van der Waals surface area contributed by atoms with Gasteiger partial charge in [-0.1, -0.05) is 18.2 Å². The number of hydrogen-bond donors (Lipinski definition) is 0. The molecular weight excluding hydrogens is 396 g/mol. The Morgan fingerprint density at radius 1 is 1.00 bits per heavy atom. The number of benzene rings is 1. The number of pyridine rings is 2. The molecule has 0 unspecified atom stereocenters. The summed E-state index contributed by atoms with van der Waals surface area (Å²) in [6.07, 6.45) is 7.76. The number of aromatic nitrogens is 4. The maximum atomic E-state index is 5.00. The molecule has 0 aliphatic carbocycles. The third kappa shape index (κ3) is 4.32. The van der Waals surface area contributed by atoms with Gasteiger partial charge in [-0.05, 0) is 49.2 Å². The lowest BCUT2D eigenvalue weighted by Crippen LogP contribution is -2.34. The first-order valence-electron chi connectivity index (χ1n) is 11.2. The van der Waals surface area contributed by atoms with Crippen LogP contribution in [0.3, 0.4) is 0 Å². The minimum absolute atomic E-state index is 0.388. The fourth-order valence-corrected chi connectivity index (χ4v) is 4.51. The Bertz CT molecular complexity index is 1200. The molecule has 1 aliphatic rings. The van der Waals surface area contributed by atoms with Gasteiger partial charge in [0.1, 0.15) is 5.82 Å². The molecule has 6 heteroatoms. The van der Waals surface area contributed by atoms with Crippen molar-refractivity contribution < 1.29 is 0 Å². The zero-order chi connectivity index (χ0) is 21.9. The van der Waals surface area contributed by atoms with Crippen molar-refractivity contribution in [2.24, 2.45) is 0 Å². The van der Waals surface area contributed by atoms with E-state index in [1.165, 1.54) is 17.4 Å². The van der Waals surface area contributed by atoms with Crippen LogP contribution in [-0.4, -0.2) is 52.0 Å². The molecule has 0 bridgehead atoms. The average Bonchev–Trinajstić information content (AvgIpc) is 2.85. The second kappa shape index (κ2) is 9.01. The molecule has 0 spiro atoms. The second-order valence-corrected chi connectivity index (χ2v) is 8.67. The molecule has 5 rings (SSSR count). The summed E-state index contributed by atoms with van der Waals surface area (Å²) >= 11 is 0. The SMILES string of the molecule is CN(C)c1cc([C@@H]2CCCN(Cc3cccc4ncccc34)C2)nc(-c2ccncc2)n1. The van der Waals surface area contributed by atoms with Crippen LogP contribution in [0.5, 0.6) is 0 Å². The first-order valence-corrected chi connectivity index (χ1v) is 11.2. The highest BCUT2D eigenvalue weighted by Gasteiger charge is 2.24. The smallest absolute Gasteiger partial charge is 0.161 e. The lowest BCUT2D eigenvalue weighted by atomic mass is 9.93. The third-order valence-electron chi connectivity index (χ3n) is 6.18. The molecule has 0 amide bonds. The first kappa shape index (κ1) is 20.5. The summed E-state index contributed by atoms with van der Waals surface area (Å²) < 4.78 is 0. The molecule has 162 valence electrons. The van der Waals surface area contributed by atoms with Crippen LogP contribution in [-0.2, 0) is 6.54 Å². The zero-order valence-electron chi connectivity index (χ0n) is 18.6. The largest absolute Gasteiger partial charge is 0.363 e. The van der Waals surface area contributed by atoms with Gasteiger partial charge < -0.3 is 4.90 Å². The van der Waals surface area contributed by atoms with Crippen molar-refractivity contribution in [1.82, 2.24) is 24.8 Å². The third-order valence-corrected chi connectivity index (χ3v) is 6.18. The number of nitrogens with zero attached hydrogens (tertiary/aromatic N) is 6. The Balaban J connectivity index is 1.42. The van der Waals surface area contributed by atoms with Crippen LogP contribution in [0.1, 0.15) is 30.0 Å². The molecule has 1 aliphatic heterocycles. The van der Waals surface area contributed by atoms with E-state index in [0.717, 1.165) is 54.5 Å². The van der Waals surface area contributed by atoms with E-state index in [2.05, 4.69) is 50.1 Å². The number of rotatable bonds is 5. The van der Waals surface area contributed by atoms with E-state index in [4.69, 9.17) is 9.97 Å². The van der Waals surface area contributed by atoms with Crippen LogP contribution in [0.15, 0.2) is 67.1 Å². The average molecular weight is 425 g/mol. The fourth-order valence-electron chi connectivity index (χ4n) is 4.51. The highest BCUT2D eigenvalue weighted by Crippen LogP contribution is 2.30. The summed E-state index contributed by atoms with van der Waals surface area (Å²) in [5.41, 5.74) is 4.53. The highest BCUT2D eigenvalue weighted by molar-refractivity contribution is 5.81. The predicted octanol–water partition coefficient (Wildman–Crippen LogP) is 4.53. The number of hydrogen-bond acceptors (Lipinski definition) is 6. The van der Waals surface area contributed by atoms with Gasteiger partial charge >= 0.3 is 0 Å². The Hall–Kier alpha value is -3.38. The Morgan fingerprint density at radius 3 is 2.72 bits per heavy atom. The number of anilines is 1. The molecule has 3 aromatic heterocycles. The van der Waals surface area contributed by atoms with Gasteiger partial charge in [0, 0.05) is 68.7 Å². The summed E-state index contributed by atoms with van der Waals surface area (Å²) in [5, 5.41) is 1.24. The molecule has 1 saturated heterocycles. The van der Waals surface area contributed by atoms with Crippen molar-refractivity contribution in [3.63, 3.8) is 0 Å². The van der Waals surface area contributed by atoms with E-state index in [0.29, 0.717) is 5.92 Å². The second-order valence-electron chi connectivity index (χ2n) is 8.67. The topological polar surface area (TPSA) is 58.0 Å². The molecule has 4 heterocycles. The molecule has 0 radical (unpaired) electrons. The molecule has 32 heavy (non-hydrogen) atoms. The lowest BCUT2D eigenvalue weighted by Gasteiger charge is -2.33. The highest BCUT2D eigenvalue weighted by atomic mass is 15.2. The van der Waals surface area contributed by atoms with E-state index in [1.807, 2.05) is 38.5 Å². The van der Waals surface area contributed by atoms with Crippen molar-refractivity contribution >= 4 is 16.7 Å². The van der Waals surface area contributed by atoms with E-state index < -0.39 is 0 Å². The summed E-state index contributed by atoms with van der Waals surface area (Å²) in [5.74, 6) is 2.10. The van der Waals surface area contributed by atoms with Gasteiger partial charge in [-0.2, -0.15) is 0 Å². The first-order chi connectivity index (χ1) is 15.7. The summed E-state index contributed by atoms with van der Waals surface area (Å²) in [6, 6.07) is 16.7. The summed E-state index contributed by atoms with van der Waals surface area (Å²) in [6.45, 7) is 3.04. The van der Waals surface area contributed by atoms with Gasteiger partial charge in [-0.15, -0.1) is 0 Å². The minimum Gasteiger partial charge on any atom is -0.363 e. The van der Waals surface area contributed by atoms with Gasteiger partial charge in [0.15, 0.2) is 5.82 Å². The van der Waals surface area contributed by atoms with E-state index in [-0.39, 0.29) is 0 Å². The maximum Gasteiger partial charge on any atom is 0.161 e. The van der Waals surface area contributed by atoms with Gasteiger partial charge in [-0.25, -0.2) is 9.97 Å². The Labute approximate surface area is 189 Å². The van der Waals surface area contributed by atoms with Crippen molar-refractivity contribution in [3.05, 3.63) is 78.4 Å². The molecule has 0 saturated carbocycles. The molecule has 0 N–H and O–H groups in total. The number of fused-ring (bicyclic) bond motifs is 1. The fraction of sp³-hybridized carbons (Fsp3) is 0.308. The van der Waals surface area contributed by atoms with Gasteiger partial charge in [0.05, 0.1) is 11.2 Å². The van der Waals surface area contributed by atoms with E-state index in [9.17, 15) is 0 Å². The number of likely N-dealkylation sites (tertiary alicyclic amines) is 1. The molecule has 1 aromatic carbocycles. The van der Waals surface area contributed by atoms with Crippen molar-refractivity contribution in [2.75, 3.05) is 32.1 Å². The van der Waals surface area contributed by atoms with Crippen LogP contribution < -0.4 is 4.90 Å². The number of piperidine rings is 1. The quantitative estimate of drug-likeness (QED) is 0.469. The minimum atomic E-state index is 0.388. The molecule has 1 atom stereocenters. The standard InChI is InChI=1S/C26H28N6/c1-31(2)25-16-24(29-26(30-25)19-10-13-27-14-11-19)21-7-5-15-32(18-21)17-20-6-3-9-23-22(20)8-4-12-28-23/h3-4,6,8-14,16,21H,5,7,15,17-18H2,1-2H3/t21-/m1/s1. The van der Waals surface area contributed by atoms with Crippen LogP contribution in [0.4, 0.5) is 5.82 Å². The van der Waals surface area contributed by atoms with Gasteiger partial charge in [0.2, 0.25) is 0 Å².